The second-order valence-electron chi connectivity index (χ2n) is 11.3. The van der Waals surface area contributed by atoms with Crippen molar-refractivity contribution in [3.8, 4) is 5.75 Å². The molecule has 206 valence electrons. The number of carbonyl (C=O) groups is 2. The van der Waals surface area contributed by atoms with Crippen LogP contribution < -0.4 is 4.90 Å². The van der Waals surface area contributed by atoms with Crippen molar-refractivity contribution in [2.45, 2.75) is 58.5 Å². The largest absolute Gasteiger partial charge is 0.507 e. The molecule has 2 aliphatic heterocycles. The molecule has 3 aromatic carbocycles. The summed E-state index contributed by atoms with van der Waals surface area (Å²) in [6.45, 7) is 4.86. The molecule has 4 atom stereocenters. The zero-order valence-electron chi connectivity index (χ0n) is 23.3. The van der Waals surface area contributed by atoms with Crippen molar-refractivity contribution in [1.82, 2.24) is 0 Å². The average molecular weight is 536 g/mol. The number of fused-ring (bicyclic) bond motifs is 4. The van der Waals surface area contributed by atoms with Crippen LogP contribution in [-0.2, 0) is 14.3 Å². The van der Waals surface area contributed by atoms with Gasteiger partial charge in [-0.05, 0) is 66.8 Å². The minimum Gasteiger partial charge on any atom is -0.507 e. The summed E-state index contributed by atoms with van der Waals surface area (Å²) in [6, 6.07) is 21.1. The molecule has 40 heavy (non-hydrogen) atoms. The van der Waals surface area contributed by atoms with Crippen LogP contribution in [0.3, 0.4) is 0 Å². The SMILES string of the molecule is CCC/C(=C\c1ccc(O)c2ccccc12)CC[C@H]1OC[C@H]2C1=C(CC)C[C@H]1C(=O)N(c3ccccc3)C(=O)[C@H]12. The first-order valence-electron chi connectivity index (χ1n) is 14.7. The molecule has 1 aliphatic carbocycles. The zero-order valence-corrected chi connectivity index (χ0v) is 23.3. The van der Waals surface area contributed by atoms with Crippen LogP contribution in [0.2, 0.25) is 0 Å². The van der Waals surface area contributed by atoms with E-state index in [1.807, 2.05) is 54.6 Å². The van der Waals surface area contributed by atoms with Crippen molar-refractivity contribution in [3.05, 3.63) is 89.0 Å². The first-order valence-corrected chi connectivity index (χ1v) is 14.7. The average Bonchev–Trinajstić information content (AvgIpc) is 3.51. The zero-order chi connectivity index (χ0) is 27.8. The smallest absolute Gasteiger partial charge is 0.238 e. The third kappa shape index (κ3) is 4.56. The molecule has 5 heteroatoms. The Balaban J connectivity index is 1.25. The van der Waals surface area contributed by atoms with Gasteiger partial charge in [-0.15, -0.1) is 0 Å². The van der Waals surface area contributed by atoms with Crippen LogP contribution in [0.25, 0.3) is 16.8 Å². The van der Waals surface area contributed by atoms with E-state index in [2.05, 4.69) is 26.0 Å². The lowest BCUT2D eigenvalue weighted by atomic mass is 9.69. The van der Waals surface area contributed by atoms with E-state index in [1.165, 1.54) is 21.6 Å². The summed E-state index contributed by atoms with van der Waals surface area (Å²) in [5.74, 6) is -0.494. The lowest BCUT2D eigenvalue weighted by Crippen LogP contribution is -2.34. The van der Waals surface area contributed by atoms with Gasteiger partial charge in [-0.2, -0.15) is 0 Å². The summed E-state index contributed by atoms with van der Waals surface area (Å²) in [6.07, 6.45) is 7.59. The van der Waals surface area contributed by atoms with Crippen LogP contribution >= 0.6 is 0 Å². The van der Waals surface area contributed by atoms with Crippen LogP contribution in [0.1, 0.15) is 57.9 Å². The van der Waals surface area contributed by atoms with Crippen molar-refractivity contribution in [2.24, 2.45) is 17.8 Å². The molecule has 6 rings (SSSR count). The van der Waals surface area contributed by atoms with Gasteiger partial charge in [0.15, 0.2) is 0 Å². The first-order chi connectivity index (χ1) is 19.5. The second-order valence-corrected chi connectivity index (χ2v) is 11.3. The van der Waals surface area contributed by atoms with Crippen molar-refractivity contribution in [2.75, 3.05) is 11.5 Å². The van der Waals surface area contributed by atoms with Gasteiger partial charge in [0.2, 0.25) is 11.8 Å². The molecule has 2 saturated heterocycles. The van der Waals surface area contributed by atoms with E-state index < -0.39 is 0 Å². The Morgan fingerprint density at radius 2 is 1.68 bits per heavy atom. The van der Waals surface area contributed by atoms with Gasteiger partial charge in [0.25, 0.3) is 0 Å². The third-order valence-corrected chi connectivity index (χ3v) is 9.04. The van der Waals surface area contributed by atoms with Gasteiger partial charge >= 0.3 is 0 Å². The number of aromatic hydroxyl groups is 1. The molecule has 0 unspecified atom stereocenters. The number of hydrogen-bond acceptors (Lipinski definition) is 4. The van der Waals surface area contributed by atoms with Gasteiger partial charge in [-0.3, -0.25) is 14.5 Å². The molecule has 1 N–H and O–H groups in total. The van der Waals surface area contributed by atoms with Crippen LogP contribution in [0.4, 0.5) is 5.69 Å². The number of rotatable bonds is 8. The topological polar surface area (TPSA) is 66.8 Å². The van der Waals surface area contributed by atoms with Gasteiger partial charge < -0.3 is 9.84 Å². The highest BCUT2D eigenvalue weighted by Gasteiger charge is 2.57. The molecule has 0 spiro atoms. The number of phenols is 1. The van der Waals surface area contributed by atoms with Gasteiger partial charge in [0, 0.05) is 11.3 Å². The number of para-hydroxylation sites is 1. The van der Waals surface area contributed by atoms with Gasteiger partial charge in [0.1, 0.15) is 5.75 Å². The summed E-state index contributed by atoms with van der Waals surface area (Å²) in [4.78, 5) is 28.6. The number of nitrogens with zero attached hydrogens (tertiary/aromatic N) is 1. The molecule has 3 aliphatic rings. The maximum absolute atomic E-state index is 13.7. The molecule has 0 aromatic heterocycles. The molecular formula is C35H37NO4. The standard InChI is InChI=1S/C35H37NO4/c1-3-10-22(19-24-16-17-30(37)27-14-9-8-13-26(24)27)15-18-31-32-23(4-2)20-28-33(29(32)21-40-31)35(39)36(34(28)38)25-11-6-5-7-12-25/h5-9,11-14,16-17,19,28-29,31,33,37H,3-4,10,15,18,20-21H2,1-2H3/b22-19+/t28-,29+,31-,33-/m1/s1. The Labute approximate surface area is 236 Å². The Morgan fingerprint density at radius 1 is 0.925 bits per heavy atom. The Hall–Kier alpha value is -3.70. The molecule has 2 amide bonds. The van der Waals surface area contributed by atoms with Crippen LogP contribution in [0.15, 0.2) is 83.4 Å². The van der Waals surface area contributed by atoms with E-state index in [-0.39, 0.29) is 35.7 Å². The number of carbonyl (C=O) groups excluding carboxylic acids is 2. The Morgan fingerprint density at radius 3 is 2.42 bits per heavy atom. The molecule has 0 bridgehead atoms. The lowest BCUT2D eigenvalue weighted by molar-refractivity contribution is -0.122. The molecule has 0 radical (unpaired) electrons. The second kappa shape index (κ2) is 11.1. The predicted molar refractivity (Wildman–Crippen MR) is 159 cm³/mol. The number of imide groups is 1. The molecule has 5 nitrogen and oxygen atoms in total. The first kappa shape index (κ1) is 26.5. The molecule has 0 saturated carbocycles. The fourth-order valence-electron chi connectivity index (χ4n) is 7.20. The fraction of sp³-hybridized carbons (Fsp3) is 0.371. The van der Waals surface area contributed by atoms with Crippen molar-refractivity contribution >= 4 is 34.4 Å². The molecule has 2 heterocycles. The van der Waals surface area contributed by atoms with Crippen LogP contribution in [-0.4, -0.2) is 29.6 Å². The Kier molecular flexibility index (Phi) is 7.33. The quantitative estimate of drug-likeness (QED) is 0.240. The minimum atomic E-state index is -0.336. The third-order valence-electron chi connectivity index (χ3n) is 9.04. The highest BCUT2D eigenvalue weighted by Crippen LogP contribution is 2.51. The van der Waals surface area contributed by atoms with Crippen molar-refractivity contribution < 1.29 is 19.4 Å². The lowest BCUT2D eigenvalue weighted by Gasteiger charge is -2.31. The molecular weight excluding hydrogens is 498 g/mol. The van der Waals surface area contributed by atoms with Crippen LogP contribution in [0.5, 0.6) is 5.75 Å². The van der Waals surface area contributed by atoms with E-state index in [4.69, 9.17) is 4.74 Å². The van der Waals surface area contributed by atoms with E-state index in [1.54, 1.807) is 6.07 Å². The summed E-state index contributed by atoms with van der Waals surface area (Å²) in [7, 11) is 0. The van der Waals surface area contributed by atoms with E-state index >= 15 is 0 Å². The highest BCUT2D eigenvalue weighted by molar-refractivity contribution is 6.22. The Bertz CT molecular complexity index is 1500. The maximum atomic E-state index is 13.7. The maximum Gasteiger partial charge on any atom is 0.238 e. The minimum absolute atomic E-state index is 0.0219. The summed E-state index contributed by atoms with van der Waals surface area (Å²) in [5, 5.41) is 12.2. The number of benzene rings is 3. The molecule has 2 fully saturated rings. The number of hydrogen-bond donors (Lipinski definition) is 1. The fourth-order valence-corrected chi connectivity index (χ4v) is 7.20. The van der Waals surface area contributed by atoms with Gasteiger partial charge in [-0.25, -0.2) is 0 Å². The highest BCUT2D eigenvalue weighted by atomic mass is 16.5. The van der Waals surface area contributed by atoms with E-state index in [0.717, 1.165) is 48.4 Å². The normalized spacial score (nSPS) is 24.6. The monoisotopic (exact) mass is 535 g/mol. The number of phenolic OH excluding ortho intramolecular Hbond substituents is 1. The van der Waals surface area contributed by atoms with Gasteiger partial charge in [0.05, 0.1) is 30.2 Å². The van der Waals surface area contributed by atoms with E-state index in [9.17, 15) is 14.7 Å². The summed E-state index contributed by atoms with van der Waals surface area (Å²) in [5.41, 5.74) is 5.73. The van der Waals surface area contributed by atoms with E-state index in [0.29, 0.717) is 24.5 Å². The molecule has 3 aromatic rings. The van der Waals surface area contributed by atoms with Crippen LogP contribution in [0, 0.1) is 17.8 Å². The predicted octanol–water partition coefficient (Wildman–Crippen LogP) is 7.44. The van der Waals surface area contributed by atoms with Crippen molar-refractivity contribution in [1.29, 1.82) is 0 Å². The number of ether oxygens (including phenoxy) is 1. The van der Waals surface area contributed by atoms with Gasteiger partial charge in [-0.1, -0.05) is 86.0 Å². The summed E-state index contributed by atoms with van der Waals surface area (Å²) < 4.78 is 6.43. The number of amides is 2. The summed E-state index contributed by atoms with van der Waals surface area (Å²) >= 11 is 0. The number of anilines is 1. The number of allylic oxidation sites excluding steroid dienone is 2. The van der Waals surface area contributed by atoms with Crippen molar-refractivity contribution in [3.63, 3.8) is 0 Å².